The Balaban J connectivity index is 2.07. The van der Waals surface area contributed by atoms with Gasteiger partial charge in [0.05, 0.1) is 18.2 Å². The third kappa shape index (κ3) is 1.30. The molecule has 0 aromatic carbocycles. The lowest BCUT2D eigenvalue weighted by Crippen LogP contribution is -2.31. The number of furan rings is 1. The van der Waals surface area contributed by atoms with Crippen LogP contribution in [0, 0.1) is 6.92 Å². The Morgan fingerprint density at radius 1 is 1.56 bits per heavy atom. The Morgan fingerprint density at radius 3 is 3.19 bits per heavy atom. The number of imidazole rings is 1. The molecule has 0 amide bonds. The van der Waals surface area contributed by atoms with Crippen molar-refractivity contribution >= 4 is 0 Å². The van der Waals surface area contributed by atoms with E-state index < -0.39 is 0 Å². The number of aromatic nitrogens is 2. The number of fused-ring (bicyclic) bond motifs is 1. The molecule has 0 bridgehead atoms. The van der Waals surface area contributed by atoms with Crippen molar-refractivity contribution in [2.75, 3.05) is 6.54 Å². The summed E-state index contributed by atoms with van der Waals surface area (Å²) < 4.78 is 7.69. The molecule has 0 aliphatic carbocycles. The van der Waals surface area contributed by atoms with E-state index in [1.807, 2.05) is 20.2 Å². The SMILES string of the molecule is Cc1ncc(C2NCCc3ccoc32)n1C. The second-order valence-corrected chi connectivity index (χ2v) is 4.24. The van der Waals surface area contributed by atoms with Crippen LogP contribution in [0.3, 0.4) is 0 Å². The lowest BCUT2D eigenvalue weighted by Gasteiger charge is -2.23. The lowest BCUT2D eigenvalue weighted by atomic mass is 10.0. The monoisotopic (exact) mass is 217 g/mol. The van der Waals surface area contributed by atoms with Gasteiger partial charge in [0.15, 0.2) is 0 Å². The van der Waals surface area contributed by atoms with Gasteiger partial charge in [-0.1, -0.05) is 0 Å². The van der Waals surface area contributed by atoms with Gasteiger partial charge < -0.3 is 14.3 Å². The molecule has 0 saturated carbocycles. The largest absolute Gasteiger partial charge is 0.467 e. The van der Waals surface area contributed by atoms with Gasteiger partial charge in [-0.3, -0.25) is 0 Å². The third-order valence-electron chi connectivity index (χ3n) is 3.34. The number of nitrogens with one attached hydrogen (secondary N) is 1. The van der Waals surface area contributed by atoms with Gasteiger partial charge in [0.25, 0.3) is 0 Å². The molecule has 4 heteroatoms. The van der Waals surface area contributed by atoms with Crippen molar-refractivity contribution in [2.45, 2.75) is 19.4 Å². The van der Waals surface area contributed by atoms with E-state index in [-0.39, 0.29) is 6.04 Å². The van der Waals surface area contributed by atoms with Crippen molar-refractivity contribution in [3.05, 3.63) is 41.4 Å². The van der Waals surface area contributed by atoms with E-state index >= 15 is 0 Å². The predicted molar refractivity (Wildman–Crippen MR) is 60.2 cm³/mol. The fraction of sp³-hybridized carbons (Fsp3) is 0.417. The maximum Gasteiger partial charge on any atom is 0.130 e. The quantitative estimate of drug-likeness (QED) is 0.788. The van der Waals surface area contributed by atoms with Crippen LogP contribution < -0.4 is 5.32 Å². The normalized spacial score (nSPS) is 19.8. The van der Waals surface area contributed by atoms with Crippen LogP contribution in [0.2, 0.25) is 0 Å². The van der Waals surface area contributed by atoms with E-state index in [9.17, 15) is 0 Å². The molecule has 0 spiro atoms. The Hall–Kier alpha value is -1.55. The van der Waals surface area contributed by atoms with Gasteiger partial charge in [-0.05, 0) is 25.0 Å². The van der Waals surface area contributed by atoms with Crippen molar-refractivity contribution in [2.24, 2.45) is 7.05 Å². The van der Waals surface area contributed by atoms with Crippen LogP contribution in [0.5, 0.6) is 0 Å². The smallest absolute Gasteiger partial charge is 0.130 e. The molecule has 0 fully saturated rings. The van der Waals surface area contributed by atoms with Gasteiger partial charge in [0.1, 0.15) is 17.6 Å². The molecule has 3 rings (SSSR count). The fourth-order valence-corrected chi connectivity index (χ4v) is 2.28. The zero-order valence-electron chi connectivity index (χ0n) is 9.53. The van der Waals surface area contributed by atoms with Crippen molar-refractivity contribution < 1.29 is 4.42 Å². The second-order valence-electron chi connectivity index (χ2n) is 4.24. The van der Waals surface area contributed by atoms with Gasteiger partial charge in [-0.15, -0.1) is 0 Å². The summed E-state index contributed by atoms with van der Waals surface area (Å²) in [6.07, 6.45) is 4.73. The summed E-state index contributed by atoms with van der Waals surface area (Å²) in [4.78, 5) is 4.33. The zero-order valence-corrected chi connectivity index (χ0v) is 9.53. The first-order valence-corrected chi connectivity index (χ1v) is 5.55. The highest BCUT2D eigenvalue weighted by molar-refractivity contribution is 5.30. The molecule has 0 radical (unpaired) electrons. The molecule has 4 nitrogen and oxygen atoms in total. The van der Waals surface area contributed by atoms with Crippen molar-refractivity contribution in [3.63, 3.8) is 0 Å². The van der Waals surface area contributed by atoms with Crippen LogP contribution in [-0.4, -0.2) is 16.1 Å². The number of aryl methyl sites for hydroxylation is 1. The van der Waals surface area contributed by atoms with Crippen LogP contribution in [0.1, 0.15) is 28.9 Å². The van der Waals surface area contributed by atoms with Gasteiger partial charge in [-0.25, -0.2) is 4.98 Å². The minimum Gasteiger partial charge on any atom is -0.467 e. The van der Waals surface area contributed by atoms with E-state index in [0.717, 1.165) is 30.2 Å². The summed E-state index contributed by atoms with van der Waals surface area (Å²) in [5.41, 5.74) is 2.47. The standard InChI is InChI=1S/C12H15N3O/c1-8-14-7-10(15(8)2)11-12-9(3-5-13-11)4-6-16-12/h4,6-7,11,13H,3,5H2,1-2H3. The highest BCUT2D eigenvalue weighted by Crippen LogP contribution is 2.29. The fourth-order valence-electron chi connectivity index (χ4n) is 2.28. The van der Waals surface area contributed by atoms with Gasteiger partial charge >= 0.3 is 0 Å². The van der Waals surface area contributed by atoms with Crippen LogP contribution in [0.15, 0.2) is 22.9 Å². The average molecular weight is 217 g/mol. The maximum atomic E-state index is 5.58. The Labute approximate surface area is 94.3 Å². The average Bonchev–Trinajstić information content (AvgIpc) is 2.87. The van der Waals surface area contributed by atoms with Crippen LogP contribution >= 0.6 is 0 Å². The molecule has 1 unspecified atom stereocenters. The third-order valence-corrected chi connectivity index (χ3v) is 3.34. The molecule has 1 aliphatic heterocycles. The molecule has 1 atom stereocenters. The second kappa shape index (κ2) is 3.49. The Morgan fingerprint density at radius 2 is 2.44 bits per heavy atom. The molecule has 1 aliphatic rings. The van der Waals surface area contributed by atoms with Crippen molar-refractivity contribution in [3.8, 4) is 0 Å². The molecule has 2 aromatic rings. The summed E-state index contributed by atoms with van der Waals surface area (Å²) in [5.74, 6) is 2.06. The van der Waals surface area contributed by atoms with Crippen LogP contribution in [0.25, 0.3) is 0 Å². The summed E-state index contributed by atoms with van der Waals surface area (Å²) in [5, 5.41) is 3.48. The molecule has 0 saturated heterocycles. The van der Waals surface area contributed by atoms with E-state index in [1.54, 1.807) is 6.26 Å². The predicted octanol–water partition coefficient (Wildman–Crippen LogP) is 1.56. The van der Waals surface area contributed by atoms with Crippen LogP contribution in [-0.2, 0) is 13.5 Å². The summed E-state index contributed by atoms with van der Waals surface area (Å²) in [6, 6.07) is 2.21. The minimum absolute atomic E-state index is 0.143. The molecule has 84 valence electrons. The topological polar surface area (TPSA) is 43.0 Å². The summed E-state index contributed by atoms with van der Waals surface area (Å²) >= 11 is 0. The van der Waals surface area contributed by atoms with Gasteiger partial charge in [0.2, 0.25) is 0 Å². The Bertz CT molecular complexity index is 512. The first-order chi connectivity index (χ1) is 7.77. The van der Waals surface area contributed by atoms with E-state index in [1.165, 1.54) is 5.56 Å². The van der Waals surface area contributed by atoms with Crippen LogP contribution in [0.4, 0.5) is 0 Å². The van der Waals surface area contributed by atoms with Gasteiger partial charge in [-0.2, -0.15) is 0 Å². The molecular weight excluding hydrogens is 202 g/mol. The Kier molecular flexibility index (Phi) is 2.11. The molecule has 1 N–H and O–H groups in total. The minimum atomic E-state index is 0.143. The summed E-state index contributed by atoms with van der Waals surface area (Å²) in [6.45, 7) is 3.00. The first-order valence-electron chi connectivity index (χ1n) is 5.55. The molecule has 2 aromatic heterocycles. The maximum absolute atomic E-state index is 5.58. The first kappa shape index (κ1) is 9.66. The number of hydrogen-bond acceptors (Lipinski definition) is 3. The number of rotatable bonds is 1. The zero-order chi connectivity index (χ0) is 11.1. The summed E-state index contributed by atoms with van der Waals surface area (Å²) in [7, 11) is 2.04. The van der Waals surface area contributed by atoms with Crippen molar-refractivity contribution in [1.82, 2.24) is 14.9 Å². The molecular formula is C12H15N3O. The lowest BCUT2D eigenvalue weighted by molar-refractivity contribution is 0.414. The molecule has 3 heterocycles. The number of nitrogens with zero attached hydrogens (tertiary/aromatic N) is 2. The highest BCUT2D eigenvalue weighted by atomic mass is 16.3. The van der Waals surface area contributed by atoms with E-state index in [2.05, 4.69) is 20.9 Å². The number of hydrogen-bond donors (Lipinski definition) is 1. The van der Waals surface area contributed by atoms with Crippen molar-refractivity contribution in [1.29, 1.82) is 0 Å². The van der Waals surface area contributed by atoms with E-state index in [0.29, 0.717) is 0 Å². The highest BCUT2D eigenvalue weighted by Gasteiger charge is 2.26. The molecule has 16 heavy (non-hydrogen) atoms. The van der Waals surface area contributed by atoms with Gasteiger partial charge in [0, 0.05) is 13.6 Å². The van der Waals surface area contributed by atoms with E-state index in [4.69, 9.17) is 4.42 Å².